The van der Waals surface area contributed by atoms with Gasteiger partial charge in [0, 0.05) is 45.1 Å². The molecule has 5 nitrogen and oxygen atoms in total. The average Bonchev–Trinajstić information content (AvgIpc) is 3.26. The summed E-state index contributed by atoms with van der Waals surface area (Å²) in [5.41, 5.74) is 13.0. The van der Waals surface area contributed by atoms with Gasteiger partial charge in [-0.15, -0.1) is 0 Å². The zero-order valence-corrected chi connectivity index (χ0v) is 41.4. The van der Waals surface area contributed by atoms with Crippen LogP contribution in [0.1, 0.15) is 186 Å². The maximum Gasteiger partial charge on any atom is 0.158 e. The molecule has 0 atom stereocenters. The van der Waals surface area contributed by atoms with Crippen LogP contribution in [0.2, 0.25) is 0 Å². The van der Waals surface area contributed by atoms with E-state index in [1.807, 2.05) is 13.1 Å². The first kappa shape index (κ1) is 53.7. The van der Waals surface area contributed by atoms with Gasteiger partial charge in [-0.2, -0.15) is 0 Å². The van der Waals surface area contributed by atoms with Crippen molar-refractivity contribution in [1.29, 1.82) is 0 Å². The molecular weight excluding hydrogens is 841 g/mol. The van der Waals surface area contributed by atoms with E-state index in [1.165, 1.54) is 136 Å². The minimum Gasteiger partial charge on any atom is -0.504 e. The second kappa shape index (κ2) is 30.6. The first-order valence-electron chi connectivity index (χ1n) is 24.3. The Labute approximate surface area is 386 Å². The Morgan fingerprint density at radius 2 is 0.951 bits per heavy atom. The quantitative estimate of drug-likeness (QED) is 0.0285. The number of phenols is 2. The van der Waals surface area contributed by atoms with E-state index >= 15 is 0 Å². The van der Waals surface area contributed by atoms with E-state index in [0.717, 1.165) is 72.2 Å². The van der Waals surface area contributed by atoms with Gasteiger partial charge in [0.15, 0.2) is 11.5 Å². The number of aliphatic imine (C=N–C) groups is 2. The van der Waals surface area contributed by atoms with Gasteiger partial charge in [-0.05, 0) is 154 Å². The smallest absolute Gasteiger partial charge is 0.158 e. The number of aryl methyl sites for hydroxylation is 5. The Balaban J connectivity index is 0.000000559. The van der Waals surface area contributed by atoms with Crippen molar-refractivity contribution in [3.63, 3.8) is 0 Å². The molecule has 61 heavy (non-hydrogen) atoms. The summed E-state index contributed by atoms with van der Waals surface area (Å²) in [6, 6.07) is 21.3. The average molecular weight is 925 g/mol. The molecule has 0 saturated heterocycles. The topological polar surface area (TPSA) is 68.4 Å². The van der Waals surface area contributed by atoms with Crippen LogP contribution in [-0.4, -0.2) is 35.2 Å². The number of nitrogens with zero attached hydrogens (tertiary/aromatic N) is 3. The maximum atomic E-state index is 9.69. The van der Waals surface area contributed by atoms with Gasteiger partial charge in [0.1, 0.15) is 0 Å². The standard InChI is InChI=1S/C40H64N2.C15H19NO2.Pd/c1-7-13-18-19-20-21-26-40(42-38-30-28-34(23-15-9-3)36(32-38)25-17-11-5)39(12-6)41-37-29-27-33(22-14-8-2)35(31-37)24-16-10-4;1-4-10-6-7-11-8-13(17)14(18)9-12(11)15(10)16(3)5-2;/h27-32H,7-26H2,1-6H3;6-9,17-18H,4-5H2,1-3H3;. The summed E-state index contributed by atoms with van der Waals surface area (Å²) in [5, 5.41) is 21.2. The predicted molar refractivity (Wildman–Crippen MR) is 265 cm³/mol. The van der Waals surface area contributed by atoms with Crippen molar-refractivity contribution in [3.8, 4) is 11.5 Å². The number of hydrogen-bond donors (Lipinski definition) is 2. The number of phenolic OH excluding ortho intramolecular Hbond substituents is 2. The fourth-order valence-corrected chi connectivity index (χ4v) is 8.06. The predicted octanol–water partition coefficient (Wildman–Crippen LogP) is 16.3. The number of fused-ring (bicyclic) bond motifs is 1. The molecule has 0 radical (unpaired) electrons. The van der Waals surface area contributed by atoms with E-state index in [4.69, 9.17) is 9.98 Å². The van der Waals surface area contributed by atoms with Crippen molar-refractivity contribution < 1.29 is 30.6 Å². The molecule has 0 saturated carbocycles. The van der Waals surface area contributed by atoms with Crippen molar-refractivity contribution in [2.45, 2.75) is 190 Å². The molecule has 0 bridgehead atoms. The number of benzene rings is 4. The molecule has 0 aliphatic carbocycles. The molecule has 0 aliphatic heterocycles. The third kappa shape index (κ3) is 17.7. The van der Waals surface area contributed by atoms with E-state index in [1.54, 1.807) is 12.1 Å². The summed E-state index contributed by atoms with van der Waals surface area (Å²) in [7, 11) is 2.04. The summed E-state index contributed by atoms with van der Waals surface area (Å²) >= 11 is 0. The summed E-state index contributed by atoms with van der Waals surface area (Å²) in [4.78, 5) is 12.8. The van der Waals surface area contributed by atoms with Gasteiger partial charge < -0.3 is 15.1 Å². The third-order valence-corrected chi connectivity index (χ3v) is 11.9. The molecule has 0 unspecified atom stereocenters. The van der Waals surface area contributed by atoms with Gasteiger partial charge in [0.2, 0.25) is 0 Å². The maximum absolute atomic E-state index is 9.69. The van der Waals surface area contributed by atoms with Crippen molar-refractivity contribution in [3.05, 3.63) is 88.5 Å². The van der Waals surface area contributed by atoms with E-state index in [0.29, 0.717) is 0 Å². The van der Waals surface area contributed by atoms with Crippen LogP contribution in [0.15, 0.2) is 70.6 Å². The van der Waals surface area contributed by atoms with E-state index in [9.17, 15) is 10.2 Å². The van der Waals surface area contributed by atoms with Gasteiger partial charge in [0.25, 0.3) is 0 Å². The van der Waals surface area contributed by atoms with E-state index in [-0.39, 0.29) is 31.9 Å². The Kier molecular flexibility index (Phi) is 26.9. The Hall–Kier alpha value is -3.46. The molecule has 0 spiro atoms. The van der Waals surface area contributed by atoms with Crippen LogP contribution < -0.4 is 4.90 Å². The van der Waals surface area contributed by atoms with Gasteiger partial charge in [-0.3, -0.25) is 9.98 Å². The Bertz CT molecular complexity index is 1920. The van der Waals surface area contributed by atoms with Gasteiger partial charge >= 0.3 is 0 Å². The molecule has 0 fully saturated rings. The molecule has 0 aromatic heterocycles. The molecule has 0 amide bonds. The SMILES string of the molecule is CCCCCCCCC(=Nc1ccc(CCCC)c(CCCC)c1)C(CC)=Nc1ccc(CCCC)c(CCCC)c1.CCc1ccc2cc(O)c(O)cc2c1N(C)CC.[Pd]. The summed E-state index contributed by atoms with van der Waals surface area (Å²) in [5.74, 6) is -0.140. The second-order valence-corrected chi connectivity index (χ2v) is 16.8. The monoisotopic (exact) mass is 924 g/mol. The third-order valence-electron chi connectivity index (χ3n) is 11.9. The molecular formula is C55H83N3O2Pd. The Morgan fingerprint density at radius 1 is 0.492 bits per heavy atom. The largest absolute Gasteiger partial charge is 0.504 e. The van der Waals surface area contributed by atoms with E-state index in [2.05, 4.69) is 103 Å². The Morgan fingerprint density at radius 3 is 1.44 bits per heavy atom. The summed E-state index contributed by atoms with van der Waals surface area (Å²) < 4.78 is 0. The van der Waals surface area contributed by atoms with Crippen LogP contribution in [0.25, 0.3) is 10.8 Å². The number of hydrogen-bond acceptors (Lipinski definition) is 5. The van der Waals surface area contributed by atoms with Crippen molar-refractivity contribution in [1.82, 2.24) is 0 Å². The summed E-state index contributed by atoms with van der Waals surface area (Å²) in [6.45, 7) is 18.8. The van der Waals surface area contributed by atoms with Crippen LogP contribution in [0.5, 0.6) is 11.5 Å². The number of rotatable bonds is 26. The molecule has 4 rings (SSSR count). The molecule has 0 aliphatic rings. The fraction of sp³-hybridized carbons (Fsp3) is 0.564. The molecule has 4 aromatic carbocycles. The van der Waals surface area contributed by atoms with Crippen molar-refractivity contribution in [2.75, 3.05) is 18.5 Å². The van der Waals surface area contributed by atoms with Gasteiger partial charge in [0.05, 0.1) is 22.8 Å². The molecule has 2 N–H and O–H groups in total. The number of aromatic hydroxyl groups is 2. The van der Waals surface area contributed by atoms with Crippen LogP contribution in [0, 0.1) is 0 Å². The van der Waals surface area contributed by atoms with Gasteiger partial charge in [-0.25, -0.2) is 0 Å². The van der Waals surface area contributed by atoms with Crippen LogP contribution in [0.3, 0.4) is 0 Å². The van der Waals surface area contributed by atoms with Crippen molar-refractivity contribution >= 4 is 39.3 Å². The van der Waals surface area contributed by atoms with E-state index < -0.39 is 0 Å². The minimum absolute atomic E-state index is 0. The molecule has 4 aromatic rings. The first-order chi connectivity index (χ1) is 29.2. The zero-order chi connectivity index (χ0) is 43.7. The minimum atomic E-state index is -0.0724. The second-order valence-electron chi connectivity index (χ2n) is 16.8. The normalized spacial score (nSPS) is 11.7. The zero-order valence-electron chi connectivity index (χ0n) is 39.9. The van der Waals surface area contributed by atoms with Crippen LogP contribution >= 0.6 is 0 Å². The molecule has 6 heteroatoms. The fourth-order valence-electron chi connectivity index (χ4n) is 8.06. The first-order valence-corrected chi connectivity index (χ1v) is 24.3. The van der Waals surface area contributed by atoms with Gasteiger partial charge in [-0.1, -0.05) is 131 Å². The van der Waals surface area contributed by atoms with Crippen molar-refractivity contribution in [2.24, 2.45) is 9.98 Å². The summed E-state index contributed by atoms with van der Waals surface area (Å²) in [6.07, 6.45) is 25.3. The van der Waals surface area contributed by atoms with Crippen LogP contribution in [0.4, 0.5) is 17.1 Å². The molecule has 0 heterocycles. The molecule has 340 valence electrons. The number of unbranched alkanes of at least 4 members (excludes halogenated alkanes) is 9. The number of anilines is 1. The van der Waals surface area contributed by atoms with Crippen LogP contribution in [-0.2, 0) is 52.5 Å².